The molecule has 1 aliphatic heterocycles. The lowest BCUT2D eigenvalue weighted by molar-refractivity contribution is 0.0747. The van der Waals surface area contributed by atoms with Crippen LogP contribution in [0, 0.1) is 6.92 Å². The lowest BCUT2D eigenvalue weighted by atomic mass is 10.1. The molecule has 1 amide bonds. The molecule has 1 atom stereocenters. The molecule has 1 fully saturated rings. The van der Waals surface area contributed by atoms with Crippen LogP contribution in [0.15, 0.2) is 18.2 Å². The molecule has 0 saturated carbocycles. The Balaban J connectivity index is 2.20. The van der Waals surface area contributed by atoms with E-state index >= 15 is 0 Å². The lowest BCUT2D eigenvalue weighted by Gasteiger charge is -2.22. The van der Waals surface area contributed by atoms with E-state index in [0.29, 0.717) is 6.04 Å². The van der Waals surface area contributed by atoms with E-state index in [4.69, 9.17) is 0 Å². The Morgan fingerprint density at radius 3 is 2.83 bits per heavy atom. The molecule has 3 heteroatoms. The van der Waals surface area contributed by atoms with Gasteiger partial charge in [-0.05, 0) is 57.4 Å². The number of hydrogen-bond acceptors (Lipinski definition) is 2. The number of aryl methyl sites for hydroxylation is 1. The molecule has 0 spiro atoms. The Labute approximate surface area is 109 Å². The third kappa shape index (κ3) is 2.50. The Bertz CT molecular complexity index is 442. The van der Waals surface area contributed by atoms with Crippen LogP contribution in [0.1, 0.15) is 42.6 Å². The normalized spacial score (nSPS) is 19.1. The molecular weight excluding hydrogens is 224 g/mol. The summed E-state index contributed by atoms with van der Waals surface area (Å²) in [6.07, 6.45) is 2.25. The van der Waals surface area contributed by atoms with Crippen LogP contribution in [0.5, 0.6) is 0 Å². The van der Waals surface area contributed by atoms with Crippen molar-refractivity contribution in [3.8, 4) is 0 Å². The highest BCUT2D eigenvalue weighted by molar-refractivity contribution is 5.96. The van der Waals surface area contributed by atoms with Crippen LogP contribution >= 0.6 is 0 Å². The smallest absolute Gasteiger partial charge is 0.254 e. The van der Waals surface area contributed by atoms with Gasteiger partial charge in [0.2, 0.25) is 0 Å². The van der Waals surface area contributed by atoms with E-state index in [2.05, 4.69) is 25.2 Å². The van der Waals surface area contributed by atoms with Crippen LogP contribution in [0.2, 0.25) is 0 Å². The maximum absolute atomic E-state index is 12.5. The van der Waals surface area contributed by atoms with E-state index in [1.54, 1.807) is 0 Å². The molecule has 98 valence electrons. The second kappa shape index (κ2) is 5.42. The van der Waals surface area contributed by atoms with Crippen LogP contribution < -0.4 is 5.32 Å². The van der Waals surface area contributed by atoms with E-state index in [0.717, 1.165) is 42.7 Å². The average molecular weight is 246 g/mol. The summed E-state index contributed by atoms with van der Waals surface area (Å²) >= 11 is 0. The van der Waals surface area contributed by atoms with Crippen LogP contribution in [-0.4, -0.2) is 29.9 Å². The maximum Gasteiger partial charge on any atom is 0.254 e. The Kier molecular flexibility index (Phi) is 3.90. The third-order valence-corrected chi connectivity index (χ3v) is 3.65. The first-order chi connectivity index (χ1) is 8.63. The van der Waals surface area contributed by atoms with E-state index in [9.17, 15) is 4.79 Å². The van der Waals surface area contributed by atoms with Crippen molar-refractivity contribution >= 4 is 11.6 Å². The van der Waals surface area contributed by atoms with Crippen molar-refractivity contribution in [2.45, 2.75) is 39.7 Å². The van der Waals surface area contributed by atoms with Crippen molar-refractivity contribution in [3.05, 3.63) is 29.3 Å². The summed E-state index contributed by atoms with van der Waals surface area (Å²) in [6.45, 7) is 8.01. The van der Waals surface area contributed by atoms with Gasteiger partial charge in [0.1, 0.15) is 0 Å². The van der Waals surface area contributed by atoms with Crippen molar-refractivity contribution < 1.29 is 4.79 Å². The van der Waals surface area contributed by atoms with E-state index in [1.165, 1.54) is 0 Å². The summed E-state index contributed by atoms with van der Waals surface area (Å²) in [5.41, 5.74) is 2.98. The van der Waals surface area contributed by atoms with Gasteiger partial charge in [0.25, 0.3) is 5.91 Å². The number of rotatable bonds is 3. The molecule has 2 rings (SSSR count). The number of carbonyl (C=O) groups excluding carboxylic acids is 1. The highest BCUT2D eigenvalue weighted by Crippen LogP contribution is 2.22. The number of amides is 1. The standard InChI is InChI=1S/C15H22N2O/c1-4-16-13-7-8-14(11(2)10-13)15(18)17-9-5-6-12(17)3/h7-8,10,12,16H,4-6,9H2,1-3H3. The summed E-state index contributed by atoms with van der Waals surface area (Å²) < 4.78 is 0. The van der Waals surface area contributed by atoms with E-state index < -0.39 is 0 Å². The number of benzene rings is 1. The fraction of sp³-hybridized carbons (Fsp3) is 0.533. The largest absolute Gasteiger partial charge is 0.385 e. The average Bonchev–Trinajstić information content (AvgIpc) is 2.75. The molecular formula is C15H22N2O. The summed E-state index contributed by atoms with van der Waals surface area (Å²) in [4.78, 5) is 14.4. The highest BCUT2D eigenvalue weighted by Gasteiger charge is 2.26. The van der Waals surface area contributed by atoms with Gasteiger partial charge in [-0.2, -0.15) is 0 Å². The molecule has 1 aromatic carbocycles. The summed E-state index contributed by atoms with van der Waals surface area (Å²) in [7, 11) is 0. The van der Waals surface area contributed by atoms with Gasteiger partial charge in [-0.15, -0.1) is 0 Å². The number of nitrogens with zero attached hydrogens (tertiary/aromatic N) is 1. The Morgan fingerprint density at radius 1 is 1.50 bits per heavy atom. The zero-order chi connectivity index (χ0) is 13.1. The zero-order valence-electron chi connectivity index (χ0n) is 11.5. The van der Waals surface area contributed by atoms with Gasteiger partial charge in [-0.25, -0.2) is 0 Å². The topological polar surface area (TPSA) is 32.3 Å². The second-order valence-corrected chi connectivity index (χ2v) is 5.05. The minimum Gasteiger partial charge on any atom is -0.385 e. The van der Waals surface area contributed by atoms with Gasteiger partial charge in [-0.1, -0.05) is 0 Å². The predicted octanol–water partition coefficient (Wildman–Crippen LogP) is 3.05. The molecule has 1 N–H and O–H groups in total. The SMILES string of the molecule is CCNc1ccc(C(=O)N2CCCC2C)c(C)c1. The van der Waals surface area contributed by atoms with Crippen LogP contribution in [0.3, 0.4) is 0 Å². The van der Waals surface area contributed by atoms with Gasteiger partial charge >= 0.3 is 0 Å². The summed E-state index contributed by atoms with van der Waals surface area (Å²) in [5.74, 6) is 0.181. The van der Waals surface area contributed by atoms with Crippen molar-refractivity contribution in [1.82, 2.24) is 4.90 Å². The quantitative estimate of drug-likeness (QED) is 0.889. The number of anilines is 1. The van der Waals surface area contributed by atoms with Crippen molar-refractivity contribution in [1.29, 1.82) is 0 Å². The van der Waals surface area contributed by atoms with Gasteiger partial charge in [-0.3, -0.25) is 4.79 Å². The Morgan fingerprint density at radius 2 is 2.28 bits per heavy atom. The molecule has 1 saturated heterocycles. The maximum atomic E-state index is 12.5. The van der Waals surface area contributed by atoms with Crippen LogP contribution in [0.25, 0.3) is 0 Å². The van der Waals surface area contributed by atoms with Crippen molar-refractivity contribution in [2.75, 3.05) is 18.4 Å². The molecule has 1 aliphatic rings. The minimum atomic E-state index is 0.181. The van der Waals surface area contributed by atoms with Gasteiger partial charge in [0.15, 0.2) is 0 Å². The second-order valence-electron chi connectivity index (χ2n) is 5.05. The summed E-state index contributed by atoms with van der Waals surface area (Å²) in [5, 5.41) is 3.27. The molecule has 1 unspecified atom stereocenters. The number of hydrogen-bond donors (Lipinski definition) is 1. The first kappa shape index (κ1) is 12.9. The predicted molar refractivity (Wildman–Crippen MR) is 75.1 cm³/mol. The van der Waals surface area contributed by atoms with Crippen molar-refractivity contribution in [3.63, 3.8) is 0 Å². The third-order valence-electron chi connectivity index (χ3n) is 3.65. The van der Waals surface area contributed by atoms with Crippen LogP contribution in [0.4, 0.5) is 5.69 Å². The molecule has 0 aliphatic carbocycles. The molecule has 0 radical (unpaired) electrons. The first-order valence-corrected chi connectivity index (χ1v) is 6.79. The van der Waals surface area contributed by atoms with Gasteiger partial charge < -0.3 is 10.2 Å². The summed E-state index contributed by atoms with van der Waals surface area (Å²) in [6, 6.07) is 6.37. The highest BCUT2D eigenvalue weighted by atomic mass is 16.2. The molecule has 3 nitrogen and oxygen atoms in total. The zero-order valence-corrected chi connectivity index (χ0v) is 11.5. The van der Waals surface area contributed by atoms with E-state index in [1.807, 2.05) is 24.0 Å². The fourth-order valence-electron chi connectivity index (χ4n) is 2.61. The van der Waals surface area contributed by atoms with E-state index in [-0.39, 0.29) is 5.91 Å². The number of nitrogens with one attached hydrogen (secondary N) is 1. The molecule has 18 heavy (non-hydrogen) atoms. The lowest BCUT2D eigenvalue weighted by Crippen LogP contribution is -2.34. The molecule has 0 aromatic heterocycles. The van der Waals surface area contributed by atoms with Crippen molar-refractivity contribution in [2.24, 2.45) is 0 Å². The number of likely N-dealkylation sites (tertiary alicyclic amines) is 1. The van der Waals surface area contributed by atoms with Crippen LogP contribution in [-0.2, 0) is 0 Å². The molecule has 1 heterocycles. The molecule has 0 bridgehead atoms. The first-order valence-electron chi connectivity index (χ1n) is 6.79. The minimum absolute atomic E-state index is 0.181. The van der Waals surface area contributed by atoms with Gasteiger partial charge in [0, 0.05) is 30.4 Å². The molecule has 1 aromatic rings. The fourth-order valence-corrected chi connectivity index (χ4v) is 2.61. The van der Waals surface area contributed by atoms with Gasteiger partial charge in [0.05, 0.1) is 0 Å². The number of carbonyl (C=O) groups is 1. The Hall–Kier alpha value is -1.51. The monoisotopic (exact) mass is 246 g/mol.